The van der Waals surface area contributed by atoms with Gasteiger partial charge in [-0.15, -0.1) is 0 Å². The van der Waals surface area contributed by atoms with Gasteiger partial charge in [-0.3, -0.25) is 28.9 Å². The van der Waals surface area contributed by atoms with E-state index in [-0.39, 0.29) is 40.7 Å². The fourth-order valence-electron chi connectivity index (χ4n) is 16.3. The Morgan fingerprint density at radius 3 is 1.04 bits per heavy atom. The molecule has 15 rings (SSSR count). The lowest BCUT2D eigenvalue weighted by Gasteiger charge is -2.26. The third kappa shape index (κ3) is 28.0. The van der Waals surface area contributed by atoms with E-state index in [0.717, 1.165) is 143 Å². The number of nitrogens with one attached hydrogen (secondary N) is 4. The average Bonchev–Trinajstić information content (AvgIpc) is 1.60. The van der Waals surface area contributed by atoms with Crippen molar-refractivity contribution in [3.63, 3.8) is 0 Å². The van der Waals surface area contributed by atoms with Crippen LogP contribution in [0.3, 0.4) is 0 Å². The van der Waals surface area contributed by atoms with Crippen LogP contribution in [0.25, 0.3) is 67.5 Å². The topological polar surface area (TPSA) is 287 Å². The van der Waals surface area contributed by atoms with Crippen molar-refractivity contribution >= 4 is 29.9 Å². The van der Waals surface area contributed by atoms with E-state index < -0.39 is 0 Å². The molecule has 5 heterocycles. The Bertz CT molecular complexity index is 6330. The van der Waals surface area contributed by atoms with Crippen LogP contribution >= 0.6 is 0 Å². The molecule has 10 aromatic carbocycles. The van der Waals surface area contributed by atoms with Crippen molar-refractivity contribution in [3.05, 3.63) is 331 Å². The zero-order chi connectivity index (χ0) is 98.3. The predicted molar refractivity (Wildman–Crippen MR) is 543 cm³/mol. The van der Waals surface area contributed by atoms with Crippen LogP contribution in [0.5, 0.6) is 23.0 Å². The van der Waals surface area contributed by atoms with E-state index >= 15 is 0 Å². The van der Waals surface area contributed by atoms with E-state index in [4.69, 9.17) is 41.8 Å². The van der Waals surface area contributed by atoms with Crippen LogP contribution in [0.15, 0.2) is 243 Å². The quantitative estimate of drug-likeness (QED) is 0.0263. The Balaban J connectivity index is 0.000000167. The first kappa shape index (κ1) is 103. The monoisotopic (exact) mass is 1860 g/mol. The minimum absolute atomic E-state index is 0.190. The molecule has 1 aliphatic rings. The van der Waals surface area contributed by atoms with E-state index in [2.05, 4.69) is 191 Å². The molecule has 14 aromatic rings. The van der Waals surface area contributed by atoms with Gasteiger partial charge in [0.1, 0.15) is 55.7 Å². The Morgan fingerprint density at radius 2 is 0.681 bits per heavy atom. The first-order chi connectivity index (χ1) is 66.7. The van der Waals surface area contributed by atoms with Crippen molar-refractivity contribution in [1.82, 2.24) is 46.8 Å². The molecule has 138 heavy (non-hydrogen) atoms. The highest BCUT2D eigenvalue weighted by Crippen LogP contribution is 2.46. The molecule has 0 radical (unpaired) electrons. The number of morpholine rings is 1. The summed E-state index contributed by atoms with van der Waals surface area (Å²) < 4.78 is 53.7. The van der Waals surface area contributed by atoms with E-state index in [1.165, 1.54) is 38.9 Å². The normalized spacial score (nSPS) is 11.8. The number of hydrogen-bond acceptors (Lipinski definition) is 19. The molecular weight excluding hydrogens is 1730 g/mol. The maximum atomic E-state index is 13.2. The summed E-state index contributed by atoms with van der Waals surface area (Å²) in [7, 11) is 0. The molecule has 0 saturated carbocycles. The highest BCUT2D eigenvalue weighted by Gasteiger charge is 2.32. The van der Waals surface area contributed by atoms with Gasteiger partial charge in [0.15, 0.2) is 45.8 Å². The standard InChI is InChI=1S/C35H41N3O4.C31H32N2O4.C25H30N2O3.C24H28N2O3/c1-5-36-35(39)33-32(28-13-11-26(12-14-28)22-38-15-17-40-18-16-38)34(42-37-33)30-21-29(19-24(2)3)25(4)20-31(30)41-23-27-9-7-6-8-10-27;1-5-32-31(35)29-28(24-13-11-22(18-34)12-14-24)30(37-33-29)26-17-25(15-20(2)3)21(4)16-27(26)36-19-23-9-7-6-8-10-23;1-6-26-25(28)23-18(5)24(30-27-23)21-14-20(12-16(2)3)17(4)13-22(21)29-15-19-10-8-7-9-11-19;1-5-25-24(27)21-14-23(29-26-21)20-13-19(11-16(2)3)17(4)12-22(20)28-15-18-9-7-6-8-10-18/h6-14,20-21,24H,5,15-19,22-23H2,1-4H3,(H,36,39);6-14,16-18,20H,5,15,19H2,1-4H3,(H,32,35);7-11,13-14,16H,6,12,15H2,1-5H3,(H,26,28);6-10,12-14,16H,5,11,15H2,1-4H3,(H,25,27). The molecule has 0 unspecified atom stereocenters. The number of nitrogens with zero attached hydrogens (tertiary/aromatic N) is 5. The fraction of sp³-hybridized carbons (Fsp3) is 0.330. The molecule has 1 saturated heterocycles. The molecule has 0 spiro atoms. The number of aryl methyl sites for hydroxylation is 4. The van der Waals surface area contributed by atoms with Crippen molar-refractivity contribution < 1.29 is 65.7 Å². The van der Waals surface area contributed by atoms with Crippen LogP contribution in [0, 0.1) is 58.3 Å². The van der Waals surface area contributed by atoms with Crippen molar-refractivity contribution in [3.8, 4) is 90.5 Å². The van der Waals surface area contributed by atoms with Gasteiger partial charge in [0.2, 0.25) is 0 Å². The number of carbonyl (C=O) groups excluding carboxylic acids is 5. The van der Waals surface area contributed by atoms with Crippen LogP contribution < -0.4 is 40.2 Å². The molecule has 0 atom stereocenters. The second-order valence-electron chi connectivity index (χ2n) is 36.4. The first-order valence-corrected chi connectivity index (χ1v) is 47.9. The number of rotatable bonds is 37. The average molecular weight is 1860 g/mol. The van der Waals surface area contributed by atoms with Crippen molar-refractivity contribution in [2.75, 3.05) is 52.5 Å². The van der Waals surface area contributed by atoms with Crippen molar-refractivity contribution in [2.24, 2.45) is 23.7 Å². The van der Waals surface area contributed by atoms with Crippen molar-refractivity contribution in [2.45, 2.75) is 176 Å². The highest BCUT2D eigenvalue weighted by molar-refractivity contribution is 6.04. The second-order valence-corrected chi connectivity index (χ2v) is 36.4. The van der Waals surface area contributed by atoms with E-state index in [0.29, 0.717) is 139 Å². The highest BCUT2D eigenvalue weighted by atomic mass is 16.5. The summed E-state index contributed by atoms with van der Waals surface area (Å²) in [6.07, 6.45) is 4.50. The lowest BCUT2D eigenvalue weighted by molar-refractivity contribution is 0.0342. The molecule has 4 amide bonds. The van der Waals surface area contributed by atoms with Crippen molar-refractivity contribution in [1.29, 1.82) is 0 Å². The lowest BCUT2D eigenvalue weighted by Crippen LogP contribution is -2.35. The molecule has 1 fully saturated rings. The number of aldehydes is 1. The third-order valence-corrected chi connectivity index (χ3v) is 23.3. The summed E-state index contributed by atoms with van der Waals surface area (Å²) in [5.74, 6) is 5.80. The van der Waals surface area contributed by atoms with Gasteiger partial charge in [-0.2, -0.15) is 0 Å². The van der Waals surface area contributed by atoms with Gasteiger partial charge in [-0.25, -0.2) is 0 Å². The van der Waals surface area contributed by atoms with Crippen LogP contribution in [-0.4, -0.2) is 108 Å². The first-order valence-electron chi connectivity index (χ1n) is 47.9. The minimum atomic E-state index is -0.326. The van der Waals surface area contributed by atoms with Crippen LogP contribution in [0.4, 0.5) is 0 Å². The molecule has 0 bridgehead atoms. The number of carbonyl (C=O) groups is 5. The minimum Gasteiger partial charge on any atom is -0.488 e. The molecule has 23 heteroatoms. The lowest BCUT2D eigenvalue weighted by atomic mass is 9.92. The Kier molecular flexibility index (Phi) is 37.6. The largest absolute Gasteiger partial charge is 0.488 e. The summed E-state index contributed by atoms with van der Waals surface area (Å²) in [6.45, 7) is 43.3. The van der Waals surface area contributed by atoms with E-state index in [1.54, 1.807) is 30.3 Å². The third-order valence-electron chi connectivity index (χ3n) is 23.3. The van der Waals surface area contributed by atoms with Gasteiger partial charge in [0, 0.05) is 63.0 Å². The second kappa shape index (κ2) is 50.5. The smallest absolute Gasteiger partial charge is 0.274 e. The van der Waals surface area contributed by atoms with E-state index in [9.17, 15) is 24.0 Å². The zero-order valence-corrected chi connectivity index (χ0v) is 82.7. The van der Waals surface area contributed by atoms with Gasteiger partial charge in [0.25, 0.3) is 23.6 Å². The van der Waals surface area contributed by atoms with Gasteiger partial charge in [-0.05, 0) is 244 Å². The number of aromatic nitrogens is 4. The number of amides is 4. The molecular formula is C115H131N9O14. The molecule has 0 aliphatic carbocycles. The number of benzene rings is 10. The summed E-state index contributed by atoms with van der Waals surface area (Å²) in [5.41, 5.74) is 23.3. The molecule has 4 aromatic heterocycles. The predicted octanol–water partition coefficient (Wildman–Crippen LogP) is 24.0. The summed E-state index contributed by atoms with van der Waals surface area (Å²) in [6, 6.07) is 73.9. The Hall–Kier alpha value is -14.3. The fourth-order valence-corrected chi connectivity index (χ4v) is 16.3. The number of hydrogen-bond donors (Lipinski definition) is 4. The van der Waals surface area contributed by atoms with E-state index in [1.807, 2.05) is 168 Å². The summed E-state index contributed by atoms with van der Waals surface area (Å²) in [5, 5.41) is 27.7. The number of ether oxygens (including phenoxy) is 5. The maximum Gasteiger partial charge on any atom is 0.274 e. The van der Waals surface area contributed by atoms with Crippen LogP contribution in [-0.2, 0) is 63.4 Å². The zero-order valence-electron chi connectivity index (χ0n) is 82.7. The molecule has 4 N–H and O–H groups in total. The van der Waals surface area contributed by atoms with Crippen LogP contribution in [0.2, 0.25) is 0 Å². The SMILES string of the molecule is CCNC(=O)c1cc(-c2cc(CC(C)C)c(C)cc2OCc2ccccc2)on1.CCNC(=O)c1noc(-c2cc(CC(C)C)c(C)cc2OCc2ccccc2)c1-c1ccc(C=O)cc1.CCNC(=O)c1noc(-c2cc(CC(C)C)c(C)cc2OCc2ccccc2)c1-c1ccc(CN2CCOCC2)cc1.CCNC(=O)c1noc(-c2cc(CC(C)C)c(C)cc2OCc2ccccc2)c1C. The van der Waals surface area contributed by atoms with Gasteiger partial charge < -0.3 is 63.0 Å². The van der Waals surface area contributed by atoms with Gasteiger partial charge in [-0.1, -0.05) is 246 Å². The summed E-state index contributed by atoms with van der Waals surface area (Å²) in [4.78, 5) is 64.2. The van der Waals surface area contributed by atoms with Crippen LogP contribution in [0.1, 0.15) is 213 Å². The molecule has 1 aliphatic heterocycles. The van der Waals surface area contributed by atoms with Gasteiger partial charge in [0.05, 0.1) is 46.6 Å². The summed E-state index contributed by atoms with van der Waals surface area (Å²) >= 11 is 0. The molecule has 720 valence electrons. The van der Waals surface area contributed by atoms with Gasteiger partial charge >= 0.3 is 0 Å². The maximum absolute atomic E-state index is 13.2. The Morgan fingerprint density at radius 1 is 0.362 bits per heavy atom. The Labute approximate surface area is 811 Å². The molecule has 23 nitrogen and oxygen atoms in total.